The van der Waals surface area contributed by atoms with E-state index < -0.39 is 32.4 Å². The van der Waals surface area contributed by atoms with E-state index in [9.17, 15) is 17.6 Å². The van der Waals surface area contributed by atoms with E-state index in [0.29, 0.717) is 28.1 Å². The van der Waals surface area contributed by atoms with Crippen LogP contribution in [0.2, 0.25) is 0 Å². The van der Waals surface area contributed by atoms with Gasteiger partial charge in [0.1, 0.15) is 11.9 Å². The summed E-state index contributed by atoms with van der Waals surface area (Å²) >= 11 is 0. The summed E-state index contributed by atoms with van der Waals surface area (Å²) in [6.07, 6.45) is 1.54. The number of pyridine rings is 1. The Morgan fingerprint density at radius 1 is 1.32 bits per heavy atom. The maximum absolute atomic E-state index is 14.7. The molecular weight excluding hydrogens is 429 g/mol. The third kappa shape index (κ3) is 4.58. The number of aliphatic hydroxyl groups excluding tert-OH is 1. The molecule has 1 aromatic carbocycles. The van der Waals surface area contributed by atoms with Crippen molar-refractivity contribution in [2.24, 2.45) is 5.16 Å². The van der Waals surface area contributed by atoms with Crippen molar-refractivity contribution in [1.82, 2.24) is 10.5 Å². The van der Waals surface area contributed by atoms with Gasteiger partial charge in [0.25, 0.3) is 5.91 Å². The summed E-state index contributed by atoms with van der Waals surface area (Å²) in [7, 11) is -3.88. The van der Waals surface area contributed by atoms with Gasteiger partial charge in [0.05, 0.1) is 18.0 Å². The molecule has 0 aliphatic carbocycles. The summed E-state index contributed by atoms with van der Waals surface area (Å²) in [5.74, 6) is -1.58. The summed E-state index contributed by atoms with van der Waals surface area (Å²) in [6.45, 7) is 0.987. The minimum atomic E-state index is -3.88. The van der Waals surface area contributed by atoms with E-state index in [1.54, 1.807) is 24.3 Å². The zero-order valence-electron chi connectivity index (χ0n) is 16.9. The molecule has 1 amide bonds. The highest BCUT2D eigenvalue weighted by molar-refractivity contribution is 7.92. The lowest BCUT2D eigenvalue weighted by Crippen LogP contribution is -2.51. The fraction of sp³-hybridized carbons (Fsp3) is 0.350. The summed E-state index contributed by atoms with van der Waals surface area (Å²) in [6, 6.07) is 7.76. The fourth-order valence-corrected chi connectivity index (χ4v) is 4.15. The van der Waals surface area contributed by atoms with Crippen LogP contribution >= 0.6 is 0 Å². The van der Waals surface area contributed by atoms with Gasteiger partial charge in [-0.15, -0.1) is 0 Å². The van der Waals surface area contributed by atoms with Crippen molar-refractivity contribution in [3.8, 4) is 11.1 Å². The summed E-state index contributed by atoms with van der Waals surface area (Å²) in [5.41, 5.74) is 3.58. The lowest BCUT2D eigenvalue weighted by molar-refractivity contribution is -0.132. The first-order chi connectivity index (χ1) is 14.6. The molecule has 166 valence electrons. The molecule has 1 unspecified atom stereocenters. The van der Waals surface area contributed by atoms with Crippen LogP contribution in [-0.4, -0.2) is 52.4 Å². The number of oxime groups is 1. The van der Waals surface area contributed by atoms with Crippen molar-refractivity contribution < 1.29 is 32.8 Å². The number of aliphatic hydroxyl groups is 1. The van der Waals surface area contributed by atoms with E-state index in [0.717, 1.165) is 6.26 Å². The quantitative estimate of drug-likeness (QED) is 0.429. The van der Waals surface area contributed by atoms with Crippen molar-refractivity contribution in [2.45, 2.75) is 37.2 Å². The van der Waals surface area contributed by atoms with Crippen LogP contribution in [0.5, 0.6) is 0 Å². The van der Waals surface area contributed by atoms with Gasteiger partial charge in [-0.3, -0.25) is 15.0 Å². The van der Waals surface area contributed by atoms with Gasteiger partial charge in [0, 0.05) is 42.0 Å². The van der Waals surface area contributed by atoms with Gasteiger partial charge >= 0.3 is 0 Å². The van der Waals surface area contributed by atoms with Gasteiger partial charge in [0.15, 0.2) is 14.6 Å². The number of sulfone groups is 1. The highest BCUT2D eigenvalue weighted by atomic mass is 32.2. The van der Waals surface area contributed by atoms with E-state index in [2.05, 4.69) is 10.1 Å². The number of amides is 1. The second-order valence-corrected chi connectivity index (χ2v) is 9.95. The lowest BCUT2D eigenvalue weighted by Gasteiger charge is -2.26. The third-order valence-corrected chi connectivity index (χ3v) is 7.34. The maximum Gasteiger partial charge on any atom is 0.264 e. The number of rotatable bonds is 7. The van der Waals surface area contributed by atoms with Crippen LogP contribution in [0.15, 0.2) is 41.7 Å². The topological polar surface area (TPSA) is 138 Å². The largest absolute Gasteiger partial charge is 0.392 e. The first kappa shape index (κ1) is 22.8. The molecule has 1 aliphatic heterocycles. The molecule has 1 aromatic heterocycles. The highest BCUT2D eigenvalue weighted by Crippen LogP contribution is 2.30. The number of hydrogen-bond acceptors (Lipinski definition) is 8. The van der Waals surface area contributed by atoms with Crippen molar-refractivity contribution in [2.75, 3.05) is 6.26 Å². The highest BCUT2D eigenvalue weighted by Gasteiger charge is 2.47. The van der Waals surface area contributed by atoms with E-state index >= 15 is 0 Å². The van der Waals surface area contributed by atoms with Gasteiger partial charge in [-0.1, -0.05) is 23.4 Å². The van der Waals surface area contributed by atoms with Crippen LogP contribution in [0.1, 0.15) is 31.0 Å². The fourth-order valence-electron chi connectivity index (χ4n) is 3.28. The lowest BCUT2D eigenvalue weighted by atomic mass is 9.95. The molecule has 31 heavy (non-hydrogen) atoms. The molecule has 2 aromatic rings. The van der Waals surface area contributed by atoms with Gasteiger partial charge in [-0.2, -0.15) is 0 Å². The Labute approximate surface area is 178 Å². The molecule has 0 radical (unpaired) electrons. The first-order valence-corrected chi connectivity index (χ1v) is 11.2. The number of hydrogen-bond donors (Lipinski definition) is 3. The number of hydroxylamine groups is 1. The Morgan fingerprint density at radius 2 is 2.03 bits per heavy atom. The zero-order chi connectivity index (χ0) is 22.8. The molecule has 2 atom stereocenters. The smallest absolute Gasteiger partial charge is 0.264 e. The molecule has 1 aliphatic rings. The number of carbonyl (C=O) groups excluding carboxylic acids is 1. The maximum atomic E-state index is 14.7. The van der Waals surface area contributed by atoms with Crippen LogP contribution in [0.4, 0.5) is 4.39 Å². The Hall–Kier alpha value is -2.89. The first-order valence-electron chi connectivity index (χ1n) is 9.32. The Balaban J connectivity index is 1.76. The van der Waals surface area contributed by atoms with Crippen LogP contribution in [0.3, 0.4) is 0 Å². The number of benzene rings is 1. The van der Waals surface area contributed by atoms with Crippen molar-refractivity contribution >= 4 is 21.5 Å². The molecular formula is C20H22FN3O6S. The summed E-state index contributed by atoms with van der Waals surface area (Å²) in [5, 5.41) is 21.9. The van der Waals surface area contributed by atoms with E-state index in [1.165, 1.54) is 24.7 Å². The molecule has 2 heterocycles. The Kier molecular flexibility index (Phi) is 6.39. The van der Waals surface area contributed by atoms with Crippen molar-refractivity contribution in [3.63, 3.8) is 0 Å². The SMILES string of the molecule is CC(C[C@H]1CC(c2ccc(-c3ccc(CO)nc3)c(F)c2)=NO1)(C(=O)NO)S(C)(=O)=O. The summed E-state index contributed by atoms with van der Waals surface area (Å²) in [4.78, 5) is 21.3. The number of halogens is 1. The monoisotopic (exact) mass is 451 g/mol. The van der Waals surface area contributed by atoms with Gasteiger partial charge in [-0.25, -0.2) is 18.3 Å². The molecule has 0 saturated carbocycles. The molecule has 0 fully saturated rings. The number of nitrogens with zero attached hydrogens (tertiary/aromatic N) is 2. The third-order valence-electron chi connectivity index (χ3n) is 5.35. The normalized spacial score (nSPS) is 18.1. The second kappa shape index (κ2) is 8.69. The molecule has 0 bridgehead atoms. The minimum absolute atomic E-state index is 0.162. The Morgan fingerprint density at radius 3 is 2.58 bits per heavy atom. The van der Waals surface area contributed by atoms with Crippen LogP contribution < -0.4 is 5.48 Å². The summed E-state index contributed by atoms with van der Waals surface area (Å²) < 4.78 is 37.0. The van der Waals surface area contributed by atoms with E-state index in [-0.39, 0.29) is 19.4 Å². The molecule has 0 spiro atoms. The van der Waals surface area contributed by atoms with Gasteiger partial charge < -0.3 is 9.94 Å². The van der Waals surface area contributed by atoms with Gasteiger partial charge in [-0.05, 0) is 19.1 Å². The zero-order valence-corrected chi connectivity index (χ0v) is 17.7. The molecule has 11 heteroatoms. The minimum Gasteiger partial charge on any atom is -0.392 e. The Bertz CT molecular complexity index is 1120. The predicted octanol–water partition coefficient (Wildman–Crippen LogP) is 1.57. The van der Waals surface area contributed by atoms with Crippen molar-refractivity contribution in [3.05, 3.63) is 53.6 Å². The van der Waals surface area contributed by atoms with E-state index in [1.807, 2.05) is 0 Å². The average molecular weight is 451 g/mol. The standard InChI is InChI=1S/C20H22FN3O6S/c1-20(19(26)23-27,31(2,28)29)9-15-8-18(24-30-15)12-4-6-16(17(21)7-12)13-3-5-14(11-25)22-10-13/h3-7,10,15,25,27H,8-9,11H2,1-2H3,(H,23,26)/t15-,20?/m1/s1. The van der Waals surface area contributed by atoms with Crippen LogP contribution in [0.25, 0.3) is 11.1 Å². The van der Waals surface area contributed by atoms with E-state index in [4.69, 9.17) is 15.2 Å². The number of nitrogens with one attached hydrogen (secondary N) is 1. The van der Waals surface area contributed by atoms with Crippen LogP contribution in [-0.2, 0) is 26.1 Å². The van der Waals surface area contributed by atoms with Crippen LogP contribution in [0, 0.1) is 5.82 Å². The number of carbonyl (C=O) groups is 1. The van der Waals surface area contributed by atoms with Gasteiger partial charge in [0.2, 0.25) is 0 Å². The molecule has 0 saturated heterocycles. The molecule has 9 nitrogen and oxygen atoms in total. The van der Waals surface area contributed by atoms with Crippen molar-refractivity contribution in [1.29, 1.82) is 0 Å². The predicted molar refractivity (Wildman–Crippen MR) is 109 cm³/mol. The number of aromatic nitrogens is 1. The second-order valence-electron chi connectivity index (χ2n) is 7.51. The molecule has 3 N–H and O–H groups in total. The molecule has 3 rings (SSSR count). The average Bonchev–Trinajstić information content (AvgIpc) is 3.20.